The Kier molecular flexibility index (Phi) is 27.7. The molecule has 0 atom stereocenters. The summed E-state index contributed by atoms with van der Waals surface area (Å²) in [6.07, 6.45) is 6.28. The molecule has 0 aromatic rings. The summed E-state index contributed by atoms with van der Waals surface area (Å²) in [5, 5.41) is 36.1. The molecule has 16 nitrogen and oxygen atoms in total. The van der Waals surface area contributed by atoms with Gasteiger partial charge in [-0.3, -0.25) is 44.4 Å². The molecule has 16 heteroatoms. The third kappa shape index (κ3) is 27.5. The number of carbonyl (C=O) groups excluding carboxylic acids is 6. The van der Waals surface area contributed by atoms with Crippen LogP contribution in [0.15, 0.2) is 0 Å². The van der Waals surface area contributed by atoms with Crippen molar-refractivity contribution in [1.82, 2.24) is 25.8 Å². The zero-order chi connectivity index (χ0) is 33.8. The predicted molar refractivity (Wildman–Crippen MR) is 161 cm³/mol. The van der Waals surface area contributed by atoms with E-state index in [1.165, 1.54) is 6.92 Å². The molecule has 0 unspecified atom stereocenters. The van der Waals surface area contributed by atoms with E-state index in [2.05, 4.69) is 16.4 Å². The zero-order valence-electron chi connectivity index (χ0n) is 26.4. The van der Waals surface area contributed by atoms with E-state index >= 15 is 0 Å². The number of amides is 6. The van der Waals surface area contributed by atoms with Crippen LogP contribution >= 0.6 is 0 Å². The van der Waals surface area contributed by atoms with Gasteiger partial charge in [0.1, 0.15) is 0 Å². The molecular formula is C28H55N7O9. The van der Waals surface area contributed by atoms with Gasteiger partial charge in [-0.05, 0) is 57.9 Å². The number of carbonyl (C=O) groups is 6. The van der Waals surface area contributed by atoms with Gasteiger partial charge in [-0.15, -0.1) is 0 Å². The number of hydrogen-bond donors (Lipinski definition) is 7. The molecule has 256 valence electrons. The Hall–Kier alpha value is -3.34. The summed E-state index contributed by atoms with van der Waals surface area (Å²) in [4.78, 5) is 68.0. The largest absolute Gasteiger partial charge is 0.370 e. The van der Waals surface area contributed by atoms with Crippen LogP contribution in [-0.4, -0.2) is 106 Å². The van der Waals surface area contributed by atoms with Gasteiger partial charge >= 0.3 is 0 Å². The Morgan fingerprint density at radius 1 is 0.591 bits per heavy atom. The Morgan fingerprint density at radius 2 is 0.955 bits per heavy atom. The molecule has 0 spiro atoms. The minimum absolute atomic E-state index is 0.0191. The number of nitrogens with two attached hydrogens (primary N) is 2. The van der Waals surface area contributed by atoms with Crippen molar-refractivity contribution in [3.63, 3.8) is 0 Å². The van der Waals surface area contributed by atoms with E-state index in [1.54, 1.807) is 6.92 Å². The van der Waals surface area contributed by atoms with Crippen molar-refractivity contribution >= 4 is 35.4 Å². The van der Waals surface area contributed by atoms with E-state index in [-0.39, 0.29) is 63.0 Å². The zero-order valence-corrected chi connectivity index (χ0v) is 26.4. The number of unbranched alkanes of at least 4 members (excludes halogenated alkanes) is 6. The first kappa shape index (κ1) is 42.8. The molecule has 6 amide bonds. The highest BCUT2D eigenvalue weighted by molar-refractivity contribution is 5.83. The summed E-state index contributed by atoms with van der Waals surface area (Å²) in [5.41, 5.74) is 10.0. The molecule has 0 radical (unpaired) electrons. The number of primary amides is 1. The fourth-order valence-electron chi connectivity index (χ4n) is 3.45. The molecule has 0 aliphatic rings. The summed E-state index contributed by atoms with van der Waals surface area (Å²) in [5.74, 6) is -2.30. The van der Waals surface area contributed by atoms with E-state index in [0.29, 0.717) is 79.8 Å². The standard InChI is InChI=1S/C25H48N6O8.C3H7NO/c1-21(32)29(37)18-9-3-6-16-27-22(33)12-14-25(36)31(39)20-10-4-7-17-28-23(34)11-13-24(35)30(38)19-8-2-5-15-26;1-2-3(4)5/h37-39H,2-20,26H2,1H3,(H,27,33)(H,28,34);2H2,1H3,(H2,4,5). The summed E-state index contributed by atoms with van der Waals surface area (Å²) < 4.78 is 0. The minimum atomic E-state index is -0.548. The fraction of sp³-hybridized carbons (Fsp3) is 0.786. The topological polar surface area (TPSA) is 249 Å². The first-order valence-electron chi connectivity index (χ1n) is 15.3. The van der Waals surface area contributed by atoms with Crippen molar-refractivity contribution in [1.29, 1.82) is 0 Å². The number of nitrogens with zero attached hydrogens (tertiary/aromatic N) is 3. The average Bonchev–Trinajstić information content (AvgIpc) is 2.99. The molecule has 9 N–H and O–H groups in total. The van der Waals surface area contributed by atoms with E-state index < -0.39 is 17.7 Å². The first-order chi connectivity index (χ1) is 20.8. The molecule has 0 aliphatic carbocycles. The molecule has 0 bridgehead atoms. The fourth-order valence-corrected chi connectivity index (χ4v) is 3.45. The van der Waals surface area contributed by atoms with Gasteiger partial charge in [0, 0.05) is 71.8 Å². The van der Waals surface area contributed by atoms with Gasteiger partial charge in [0.15, 0.2) is 0 Å². The monoisotopic (exact) mass is 633 g/mol. The normalized spacial score (nSPS) is 10.2. The second kappa shape index (κ2) is 28.4. The van der Waals surface area contributed by atoms with Crippen molar-refractivity contribution < 1.29 is 44.4 Å². The summed E-state index contributed by atoms with van der Waals surface area (Å²) in [6, 6.07) is 0. The van der Waals surface area contributed by atoms with Crippen LogP contribution in [0.5, 0.6) is 0 Å². The van der Waals surface area contributed by atoms with Crippen LogP contribution in [0.25, 0.3) is 0 Å². The Morgan fingerprint density at radius 3 is 1.30 bits per heavy atom. The molecule has 0 aromatic carbocycles. The lowest BCUT2D eigenvalue weighted by Gasteiger charge is -2.15. The van der Waals surface area contributed by atoms with Crippen molar-refractivity contribution in [3.8, 4) is 0 Å². The molecule has 0 saturated carbocycles. The maximum atomic E-state index is 12.0. The van der Waals surface area contributed by atoms with Crippen LogP contribution in [0.3, 0.4) is 0 Å². The maximum absolute atomic E-state index is 12.0. The lowest BCUT2D eigenvalue weighted by molar-refractivity contribution is -0.166. The lowest BCUT2D eigenvalue weighted by Crippen LogP contribution is -2.31. The number of nitrogens with one attached hydrogen (secondary N) is 2. The number of rotatable bonds is 24. The molecule has 0 rings (SSSR count). The van der Waals surface area contributed by atoms with Crippen LogP contribution < -0.4 is 22.1 Å². The van der Waals surface area contributed by atoms with Gasteiger partial charge in [-0.25, -0.2) is 15.2 Å². The molecule has 0 fully saturated rings. The molecular weight excluding hydrogens is 578 g/mol. The second-order valence-corrected chi connectivity index (χ2v) is 10.2. The second-order valence-electron chi connectivity index (χ2n) is 10.2. The Balaban J connectivity index is 0. The highest BCUT2D eigenvalue weighted by Crippen LogP contribution is 2.03. The van der Waals surface area contributed by atoms with Gasteiger partial charge in [0.25, 0.3) is 0 Å². The highest BCUT2D eigenvalue weighted by atomic mass is 16.5. The average molecular weight is 634 g/mol. The number of hydrogen-bond acceptors (Lipinski definition) is 10. The van der Waals surface area contributed by atoms with Crippen molar-refractivity contribution in [2.75, 3.05) is 39.3 Å². The summed E-state index contributed by atoms with van der Waals surface area (Å²) in [6.45, 7) is 4.94. The van der Waals surface area contributed by atoms with Crippen LogP contribution in [0.1, 0.15) is 104 Å². The SMILES string of the molecule is CC(=O)N(O)CCCCCNC(=O)CCC(=O)N(O)CCCCCNC(=O)CCC(=O)N(O)CCCCCN.CCC(N)=O. The third-order valence-electron chi connectivity index (χ3n) is 6.23. The summed E-state index contributed by atoms with van der Waals surface area (Å²) in [7, 11) is 0. The lowest BCUT2D eigenvalue weighted by atomic mass is 10.2. The minimum Gasteiger partial charge on any atom is -0.370 e. The predicted octanol–water partition coefficient (Wildman–Crippen LogP) is 0.804. The van der Waals surface area contributed by atoms with Crippen molar-refractivity contribution in [2.45, 2.75) is 104 Å². The van der Waals surface area contributed by atoms with Crippen LogP contribution in [-0.2, 0) is 28.8 Å². The highest BCUT2D eigenvalue weighted by Gasteiger charge is 2.14. The van der Waals surface area contributed by atoms with Crippen LogP contribution in [0.4, 0.5) is 0 Å². The quantitative estimate of drug-likeness (QED) is 0.0447. The summed E-state index contributed by atoms with van der Waals surface area (Å²) >= 11 is 0. The van der Waals surface area contributed by atoms with Crippen LogP contribution in [0, 0.1) is 0 Å². The molecule has 0 aromatic heterocycles. The molecule has 0 aliphatic heterocycles. The molecule has 0 heterocycles. The van der Waals surface area contributed by atoms with E-state index in [4.69, 9.17) is 5.73 Å². The smallest absolute Gasteiger partial charge is 0.246 e. The van der Waals surface area contributed by atoms with Gasteiger partial charge in [0.2, 0.25) is 35.4 Å². The number of hydroxylamine groups is 6. The van der Waals surface area contributed by atoms with E-state index in [0.717, 1.165) is 19.3 Å². The van der Waals surface area contributed by atoms with E-state index in [1.807, 2.05) is 0 Å². The molecule has 0 saturated heterocycles. The third-order valence-corrected chi connectivity index (χ3v) is 6.23. The Labute approximate surface area is 260 Å². The van der Waals surface area contributed by atoms with Crippen molar-refractivity contribution in [2.24, 2.45) is 11.5 Å². The molecule has 44 heavy (non-hydrogen) atoms. The Bertz CT molecular complexity index is 846. The van der Waals surface area contributed by atoms with Gasteiger partial charge in [0.05, 0.1) is 0 Å². The van der Waals surface area contributed by atoms with Crippen LogP contribution in [0.2, 0.25) is 0 Å². The van der Waals surface area contributed by atoms with Gasteiger partial charge < -0.3 is 22.1 Å². The van der Waals surface area contributed by atoms with Gasteiger partial charge in [-0.1, -0.05) is 13.3 Å². The first-order valence-corrected chi connectivity index (χ1v) is 15.3. The van der Waals surface area contributed by atoms with E-state index in [9.17, 15) is 44.4 Å². The van der Waals surface area contributed by atoms with Gasteiger partial charge in [-0.2, -0.15) is 0 Å². The maximum Gasteiger partial charge on any atom is 0.246 e. The van der Waals surface area contributed by atoms with Crippen molar-refractivity contribution in [3.05, 3.63) is 0 Å².